The number of rotatable bonds is 13. The fourth-order valence-electron chi connectivity index (χ4n) is 5.17. The summed E-state index contributed by atoms with van der Waals surface area (Å²) in [7, 11) is 0. The standard InChI is InChI=1S/C34H37NO2/c1-2-24-35(34(29-17-10-5-11-18-29)30-20-22-31(36)23-21-30)25-12-19-32(37)26-33(27-13-6-3-7-14-27)28-15-8-4-9-16-28/h3-11,13-18,20-23,33-34,36H,2,12,19,24-26H2,1H3. The lowest BCUT2D eigenvalue weighted by atomic mass is 9.86. The fraction of sp³-hybridized carbons (Fsp3) is 0.265. The predicted molar refractivity (Wildman–Crippen MR) is 152 cm³/mol. The van der Waals surface area contributed by atoms with Crippen molar-refractivity contribution in [1.29, 1.82) is 0 Å². The Morgan fingerprint density at radius 3 is 1.68 bits per heavy atom. The maximum Gasteiger partial charge on any atom is 0.133 e. The molecule has 4 aromatic carbocycles. The zero-order valence-electron chi connectivity index (χ0n) is 21.7. The van der Waals surface area contributed by atoms with E-state index in [-0.39, 0.29) is 17.7 Å². The van der Waals surface area contributed by atoms with Gasteiger partial charge in [-0.2, -0.15) is 0 Å². The average Bonchev–Trinajstić information content (AvgIpc) is 2.94. The Kier molecular flexibility index (Phi) is 9.67. The SMILES string of the molecule is CCCN(CCCC(=O)CC(c1ccccc1)c1ccccc1)C(c1ccccc1)c1ccc(O)cc1. The number of carbonyl (C=O) groups is 1. The highest BCUT2D eigenvalue weighted by atomic mass is 16.3. The molecule has 0 spiro atoms. The predicted octanol–water partition coefficient (Wildman–Crippen LogP) is 7.77. The van der Waals surface area contributed by atoms with Crippen LogP contribution >= 0.6 is 0 Å². The normalized spacial score (nSPS) is 12.1. The molecule has 0 aromatic heterocycles. The van der Waals surface area contributed by atoms with Gasteiger partial charge in [-0.25, -0.2) is 0 Å². The second kappa shape index (κ2) is 13.6. The fourth-order valence-corrected chi connectivity index (χ4v) is 5.17. The molecule has 1 unspecified atom stereocenters. The first-order valence-electron chi connectivity index (χ1n) is 13.3. The molecule has 0 heterocycles. The van der Waals surface area contributed by atoms with Crippen molar-refractivity contribution >= 4 is 5.78 Å². The van der Waals surface area contributed by atoms with Crippen molar-refractivity contribution in [3.63, 3.8) is 0 Å². The number of carbonyl (C=O) groups excluding carboxylic acids is 1. The largest absolute Gasteiger partial charge is 0.508 e. The summed E-state index contributed by atoms with van der Waals surface area (Å²) >= 11 is 0. The van der Waals surface area contributed by atoms with Crippen LogP contribution in [0.1, 0.15) is 66.8 Å². The lowest BCUT2D eigenvalue weighted by Crippen LogP contribution is -2.31. The summed E-state index contributed by atoms with van der Waals surface area (Å²) < 4.78 is 0. The third kappa shape index (κ3) is 7.41. The monoisotopic (exact) mass is 491 g/mol. The van der Waals surface area contributed by atoms with Crippen LogP contribution in [0.3, 0.4) is 0 Å². The molecule has 3 nitrogen and oxygen atoms in total. The Balaban J connectivity index is 1.46. The zero-order chi connectivity index (χ0) is 25.9. The van der Waals surface area contributed by atoms with Crippen molar-refractivity contribution in [3.05, 3.63) is 138 Å². The zero-order valence-corrected chi connectivity index (χ0v) is 21.7. The number of hydrogen-bond donors (Lipinski definition) is 1. The number of Topliss-reactive ketones (excluding diaryl/α,β-unsaturated/α-hetero) is 1. The van der Waals surface area contributed by atoms with E-state index in [1.165, 1.54) is 16.7 Å². The van der Waals surface area contributed by atoms with Gasteiger partial charge in [0, 0.05) is 18.8 Å². The Hall–Kier alpha value is -3.69. The van der Waals surface area contributed by atoms with Gasteiger partial charge in [-0.05, 0) is 60.3 Å². The van der Waals surface area contributed by atoms with Crippen LogP contribution in [0.4, 0.5) is 0 Å². The Bertz CT molecular complexity index is 1170. The molecule has 0 saturated carbocycles. The summed E-state index contributed by atoms with van der Waals surface area (Å²) in [4.78, 5) is 15.7. The molecule has 37 heavy (non-hydrogen) atoms. The van der Waals surface area contributed by atoms with E-state index in [0.717, 1.165) is 31.5 Å². The van der Waals surface area contributed by atoms with Crippen molar-refractivity contribution < 1.29 is 9.90 Å². The lowest BCUT2D eigenvalue weighted by Gasteiger charge is -2.32. The minimum atomic E-state index is 0.0794. The maximum atomic E-state index is 13.2. The van der Waals surface area contributed by atoms with Crippen LogP contribution in [-0.2, 0) is 4.79 Å². The number of benzene rings is 4. The van der Waals surface area contributed by atoms with Gasteiger partial charge < -0.3 is 5.11 Å². The molecule has 0 radical (unpaired) electrons. The van der Waals surface area contributed by atoms with Gasteiger partial charge >= 0.3 is 0 Å². The Morgan fingerprint density at radius 2 is 1.16 bits per heavy atom. The molecule has 0 amide bonds. The van der Waals surface area contributed by atoms with Crippen LogP contribution in [0.25, 0.3) is 0 Å². The molecular formula is C34H37NO2. The van der Waals surface area contributed by atoms with Gasteiger partial charge in [-0.1, -0.05) is 110 Å². The average molecular weight is 492 g/mol. The first-order valence-corrected chi connectivity index (χ1v) is 13.3. The molecular weight excluding hydrogens is 454 g/mol. The second-order valence-corrected chi connectivity index (χ2v) is 9.66. The van der Waals surface area contributed by atoms with Crippen LogP contribution in [0.15, 0.2) is 115 Å². The van der Waals surface area contributed by atoms with E-state index < -0.39 is 0 Å². The van der Waals surface area contributed by atoms with Crippen molar-refractivity contribution in [2.45, 2.75) is 44.6 Å². The van der Waals surface area contributed by atoms with Crippen molar-refractivity contribution in [1.82, 2.24) is 4.90 Å². The highest BCUT2D eigenvalue weighted by Crippen LogP contribution is 2.31. The maximum absolute atomic E-state index is 13.2. The molecule has 0 aliphatic heterocycles. The third-order valence-corrected chi connectivity index (χ3v) is 6.94. The quantitative estimate of drug-likeness (QED) is 0.208. The van der Waals surface area contributed by atoms with Gasteiger partial charge in [0.25, 0.3) is 0 Å². The second-order valence-electron chi connectivity index (χ2n) is 9.66. The number of phenolic OH excluding ortho intramolecular Hbond substituents is 1. The van der Waals surface area contributed by atoms with E-state index in [1.807, 2.05) is 54.6 Å². The van der Waals surface area contributed by atoms with Gasteiger partial charge in [0.2, 0.25) is 0 Å². The number of aromatic hydroxyl groups is 1. The van der Waals surface area contributed by atoms with Crippen LogP contribution in [0.5, 0.6) is 5.75 Å². The van der Waals surface area contributed by atoms with Crippen LogP contribution in [0, 0.1) is 0 Å². The Morgan fingerprint density at radius 1 is 0.676 bits per heavy atom. The summed E-state index contributed by atoms with van der Waals surface area (Å²) in [5, 5.41) is 9.84. The van der Waals surface area contributed by atoms with E-state index in [9.17, 15) is 9.90 Å². The van der Waals surface area contributed by atoms with E-state index in [1.54, 1.807) is 12.1 Å². The molecule has 3 heteroatoms. The number of hydrogen-bond acceptors (Lipinski definition) is 3. The van der Waals surface area contributed by atoms with E-state index in [0.29, 0.717) is 18.6 Å². The first kappa shape index (κ1) is 26.4. The van der Waals surface area contributed by atoms with E-state index in [2.05, 4.69) is 60.4 Å². The summed E-state index contributed by atoms with van der Waals surface area (Å²) in [6, 6.07) is 38.8. The topological polar surface area (TPSA) is 40.5 Å². The lowest BCUT2D eigenvalue weighted by molar-refractivity contribution is -0.119. The van der Waals surface area contributed by atoms with E-state index >= 15 is 0 Å². The summed E-state index contributed by atoms with van der Waals surface area (Å²) in [6.07, 6.45) is 2.92. The summed E-state index contributed by atoms with van der Waals surface area (Å²) in [6.45, 7) is 3.97. The molecule has 1 N–H and O–H groups in total. The highest BCUT2D eigenvalue weighted by molar-refractivity contribution is 5.79. The summed E-state index contributed by atoms with van der Waals surface area (Å²) in [5.41, 5.74) is 4.75. The first-order chi connectivity index (χ1) is 18.2. The smallest absolute Gasteiger partial charge is 0.133 e. The molecule has 0 aliphatic rings. The molecule has 4 rings (SSSR count). The molecule has 0 bridgehead atoms. The van der Waals surface area contributed by atoms with Gasteiger partial charge in [-0.3, -0.25) is 9.69 Å². The molecule has 0 saturated heterocycles. The molecule has 0 fully saturated rings. The number of ketones is 1. The number of nitrogens with zero attached hydrogens (tertiary/aromatic N) is 1. The molecule has 190 valence electrons. The Labute approximate surface area is 221 Å². The van der Waals surface area contributed by atoms with Gasteiger partial charge in [0.15, 0.2) is 0 Å². The minimum Gasteiger partial charge on any atom is -0.508 e. The van der Waals surface area contributed by atoms with Gasteiger partial charge in [0.05, 0.1) is 6.04 Å². The van der Waals surface area contributed by atoms with Gasteiger partial charge in [0.1, 0.15) is 11.5 Å². The molecule has 1 atom stereocenters. The molecule has 4 aromatic rings. The van der Waals surface area contributed by atoms with Gasteiger partial charge in [-0.15, -0.1) is 0 Å². The third-order valence-electron chi connectivity index (χ3n) is 6.94. The van der Waals surface area contributed by atoms with Crippen LogP contribution in [0.2, 0.25) is 0 Å². The van der Waals surface area contributed by atoms with Crippen LogP contribution < -0.4 is 0 Å². The van der Waals surface area contributed by atoms with Crippen molar-refractivity contribution in [3.8, 4) is 5.75 Å². The highest BCUT2D eigenvalue weighted by Gasteiger charge is 2.23. The van der Waals surface area contributed by atoms with E-state index in [4.69, 9.17) is 0 Å². The summed E-state index contributed by atoms with van der Waals surface area (Å²) in [5.74, 6) is 0.653. The van der Waals surface area contributed by atoms with Crippen LogP contribution in [-0.4, -0.2) is 28.9 Å². The number of phenols is 1. The minimum absolute atomic E-state index is 0.0794. The molecule has 0 aliphatic carbocycles. The van der Waals surface area contributed by atoms with Crippen molar-refractivity contribution in [2.24, 2.45) is 0 Å². The van der Waals surface area contributed by atoms with Crippen molar-refractivity contribution in [2.75, 3.05) is 13.1 Å².